The number of carbonyl (C=O) groups is 1. The SMILES string of the molecule is O=C(O)c1c(O)cncc1C(F)F. The van der Waals surface area contributed by atoms with Gasteiger partial charge in [0.2, 0.25) is 0 Å². The van der Waals surface area contributed by atoms with E-state index >= 15 is 0 Å². The zero-order valence-electron chi connectivity index (χ0n) is 6.24. The van der Waals surface area contributed by atoms with Crippen LogP contribution in [-0.4, -0.2) is 21.2 Å². The van der Waals surface area contributed by atoms with Crippen molar-refractivity contribution in [3.63, 3.8) is 0 Å². The molecule has 0 saturated carbocycles. The van der Waals surface area contributed by atoms with Crippen LogP contribution in [0.5, 0.6) is 5.75 Å². The number of rotatable bonds is 2. The van der Waals surface area contributed by atoms with Crippen molar-refractivity contribution in [3.8, 4) is 5.75 Å². The number of pyridine rings is 1. The van der Waals surface area contributed by atoms with Gasteiger partial charge in [-0.1, -0.05) is 0 Å². The minimum Gasteiger partial charge on any atom is -0.505 e. The maximum atomic E-state index is 12.2. The highest BCUT2D eigenvalue weighted by atomic mass is 19.3. The fourth-order valence-corrected chi connectivity index (χ4v) is 0.864. The van der Waals surface area contributed by atoms with Gasteiger partial charge in [0.05, 0.1) is 11.8 Å². The van der Waals surface area contributed by atoms with Crippen molar-refractivity contribution in [2.24, 2.45) is 0 Å². The van der Waals surface area contributed by atoms with Crippen molar-refractivity contribution in [1.29, 1.82) is 0 Å². The van der Waals surface area contributed by atoms with E-state index in [2.05, 4.69) is 4.98 Å². The van der Waals surface area contributed by atoms with Crippen LogP contribution in [-0.2, 0) is 0 Å². The molecule has 1 heterocycles. The Hall–Kier alpha value is -1.72. The van der Waals surface area contributed by atoms with Crippen LogP contribution in [0.3, 0.4) is 0 Å². The van der Waals surface area contributed by atoms with Gasteiger partial charge in [0.25, 0.3) is 6.43 Å². The Kier molecular flexibility index (Phi) is 2.41. The Morgan fingerprint density at radius 1 is 1.46 bits per heavy atom. The standard InChI is InChI=1S/C7H5F2NO3/c8-6(9)3-1-10-2-4(11)5(3)7(12)13/h1-2,6,11H,(H,12,13). The molecular weight excluding hydrogens is 184 g/mol. The largest absolute Gasteiger partial charge is 0.505 e. The minimum absolute atomic E-state index is 0.716. The zero-order chi connectivity index (χ0) is 10.0. The molecule has 0 aliphatic rings. The number of hydrogen-bond donors (Lipinski definition) is 2. The van der Waals surface area contributed by atoms with Crippen LogP contribution in [0.4, 0.5) is 8.78 Å². The third kappa shape index (κ3) is 1.71. The highest BCUT2D eigenvalue weighted by molar-refractivity contribution is 5.92. The molecular formula is C7H5F2NO3. The van der Waals surface area contributed by atoms with Crippen molar-refractivity contribution >= 4 is 5.97 Å². The Bertz CT molecular complexity index is 341. The molecule has 0 amide bonds. The summed E-state index contributed by atoms with van der Waals surface area (Å²) in [7, 11) is 0. The number of halogens is 2. The van der Waals surface area contributed by atoms with Crippen LogP contribution < -0.4 is 0 Å². The lowest BCUT2D eigenvalue weighted by molar-refractivity contribution is 0.0680. The third-order valence-electron chi connectivity index (χ3n) is 1.40. The normalized spacial score (nSPS) is 10.4. The molecule has 1 rings (SSSR count). The monoisotopic (exact) mass is 189 g/mol. The average Bonchev–Trinajstić information content (AvgIpc) is 2.02. The summed E-state index contributed by atoms with van der Waals surface area (Å²) in [5.41, 5.74) is -1.59. The van der Waals surface area contributed by atoms with E-state index < -0.39 is 29.3 Å². The van der Waals surface area contributed by atoms with E-state index in [0.29, 0.717) is 6.20 Å². The van der Waals surface area contributed by atoms with Gasteiger partial charge in [0.15, 0.2) is 0 Å². The summed E-state index contributed by atoms with van der Waals surface area (Å²) in [6.07, 6.45) is -1.45. The van der Waals surface area contributed by atoms with Gasteiger partial charge >= 0.3 is 5.97 Å². The number of aromatic nitrogens is 1. The minimum atomic E-state index is -2.97. The second kappa shape index (κ2) is 3.34. The van der Waals surface area contributed by atoms with E-state index in [1.807, 2.05) is 0 Å². The molecule has 0 bridgehead atoms. The molecule has 70 valence electrons. The Labute approximate surface area is 71.5 Å². The smallest absolute Gasteiger partial charge is 0.340 e. The lowest BCUT2D eigenvalue weighted by Crippen LogP contribution is -2.04. The first kappa shape index (κ1) is 9.37. The lowest BCUT2D eigenvalue weighted by Gasteiger charge is -2.04. The Morgan fingerprint density at radius 2 is 2.08 bits per heavy atom. The summed E-state index contributed by atoms with van der Waals surface area (Å²) >= 11 is 0. The summed E-state index contributed by atoms with van der Waals surface area (Å²) < 4.78 is 24.3. The molecule has 13 heavy (non-hydrogen) atoms. The van der Waals surface area contributed by atoms with Gasteiger partial charge < -0.3 is 10.2 Å². The number of carboxylic acids is 1. The first-order valence-corrected chi connectivity index (χ1v) is 3.22. The molecule has 2 N–H and O–H groups in total. The predicted octanol–water partition coefficient (Wildman–Crippen LogP) is 1.42. The molecule has 0 saturated heterocycles. The second-order valence-corrected chi connectivity index (χ2v) is 2.23. The van der Waals surface area contributed by atoms with Crippen LogP contribution in [0.2, 0.25) is 0 Å². The molecule has 4 nitrogen and oxygen atoms in total. The van der Waals surface area contributed by atoms with E-state index in [1.165, 1.54) is 0 Å². The molecule has 1 aromatic rings. The highest BCUT2D eigenvalue weighted by Crippen LogP contribution is 2.27. The zero-order valence-corrected chi connectivity index (χ0v) is 6.24. The van der Waals surface area contributed by atoms with Crippen LogP contribution in [0.15, 0.2) is 12.4 Å². The summed E-state index contributed by atoms with van der Waals surface area (Å²) in [5, 5.41) is 17.4. The fraction of sp³-hybridized carbons (Fsp3) is 0.143. The van der Waals surface area contributed by atoms with Gasteiger partial charge in [0, 0.05) is 6.20 Å². The molecule has 6 heteroatoms. The van der Waals surface area contributed by atoms with E-state index in [9.17, 15) is 13.6 Å². The van der Waals surface area contributed by atoms with Crippen molar-refractivity contribution < 1.29 is 23.8 Å². The summed E-state index contributed by atoms with van der Waals surface area (Å²) in [4.78, 5) is 13.7. The van der Waals surface area contributed by atoms with Crippen molar-refractivity contribution in [2.75, 3.05) is 0 Å². The quantitative estimate of drug-likeness (QED) is 0.738. The van der Waals surface area contributed by atoms with E-state index in [1.54, 1.807) is 0 Å². The molecule has 0 aromatic carbocycles. The van der Waals surface area contributed by atoms with Gasteiger partial charge in [-0.05, 0) is 0 Å². The first-order chi connectivity index (χ1) is 6.04. The van der Waals surface area contributed by atoms with Gasteiger partial charge in [-0.25, -0.2) is 13.6 Å². The average molecular weight is 189 g/mol. The molecule has 0 radical (unpaired) electrons. The predicted molar refractivity (Wildman–Crippen MR) is 37.8 cm³/mol. The van der Waals surface area contributed by atoms with Gasteiger partial charge in [-0.15, -0.1) is 0 Å². The molecule has 0 atom stereocenters. The number of alkyl halides is 2. The number of carboxylic acid groups (broad SMARTS) is 1. The van der Waals surface area contributed by atoms with Gasteiger partial charge in [-0.3, -0.25) is 4.98 Å². The van der Waals surface area contributed by atoms with Crippen LogP contribution in [0.1, 0.15) is 22.3 Å². The topological polar surface area (TPSA) is 70.4 Å². The molecule has 0 aliphatic heterocycles. The molecule has 1 aromatic heterocycles. The lowest BCUT2D eigenvalue weighted by atomic mass is 10.1. The van der Waals surface area contributed by atoms with E-state index in [0.717, 1.165) is 6.20 Å². The maximum absolute atomic E-state index is 12.2. The van der Waals surface area contributed by atoms with E-state index in [-0.39, 0.29) is 0 Å². The van der Waals surface area contributed by atoms with Crippen molar-refractivity contribution in [3.05, 3.63) is 23.5 Å². The summed E-state index contributed by atoms with van der Waals surface area (Å²) in [6.45, 7) is 0. The van der Waals surface area contributed by atoms with Gasteiger partial charge in [-0.2, -0.15) is 0 Å². The number of hydrogen-bond acceptors (Lipinski definition) is 3. The summed E-state index contributed by atoms with van der Waals surface area (Å²) in [6, 6.07) is 0. The van der Waals surface area contributed by atoms with Crippen LogP contribution in [0, 0.1) is 0 Å². The van der Waals surface area contributed by atoms with E-state index in [4.69, 9.17) is 10.2 Å². The highest BCUT2D eigenvalue weighted by Gasteiger charge is 2.21. The second-order valence-electron chi connectivity index (χ2n) is 2.23. The maximum Gasteiger partial charge on any atom is 0.340 e. The van der Waals surface area contributed by atoms with Crippen LogP contribution in [0.25, 0.3) is 0 Å². The molecule has 0 spiro atoms. The van der Waals surface area contributed by atoms with Crippen LogP contribution >= 0.6 is 0 Å². The van der Waals surface area contributed by atoms with Crippen molar-refractivity contribution in [2.45, 2.75) is 6.43 Å². The molecule has 0 fully saturated rings. The Balaban J connectivity index is 3.34. The number of aromatic hydroxyl groups is 1. The van der Waals surface area contributed by atoms with Gasteiger partial charge in [0.1, 0.15) is 11.3 Å². The number of nitrogens with zero attached hydrogens (tertiary/aromatic N) is 1. The fourth-order valence-electron chi connectivity index (χ4n) is 0.864. The summed E-state index contributed by atoms with van der Waals surface area (Å²) in [5.74, 6) is -2.36. The van der Waals surface area contributed by atoms with Crippen molar-refractivity contribution in [1.82, 2.24) is 4.98 Å². The first-order valence-electron chi connectivity index (χ1n) is 3.22. The molecule has 0 aliphatic carbocycles. The Morgan fingerprint density at radius 3 is 2.46 bits per heavy atom. The number of aromatic carboxylic acids is 1. The molecule has 0 unspecified atom stereocenters. The third-order valence-corrected chi connectivity index (χ3v) is 1.40.